The van der Waals surface area contributed by atoms with Crippen molar-refractivity contribution in [3.8, 4) is 0 Å². The summed E-state index contributed by atoms with van der Waals surface area (Å²) in [6.07, 6.45) is 2.61. The minimum atomic E-state index is -0.0566. The van der Waals surface area contributed by atoms with Gasteiger partial charge in [0.2, 0.25) is 0 Å². The highest BCUT2D eigenvalue weighted by Crippen LogP contribution is 2.17. The van der Waals surface area contributed by atoms with Crippen molar-refractivity contribution < 1.29 is 9.59 Å². The number of carbonyl (C=O) groups excluding carboxylic acids is 2. The molecule has 0 heterocycles. The van der Waals surface area contributed by atoms with Crippen molar-refractivity contribution in [2.24, 2.45) is 5.92 Å². The first kappa shape index (κ1) is 13.6. The first-order valence-corrected chi connectivity index (χ1v) is 6.13. The highest BCUT2D eigenvalue weighted by atomic mass is 16.1. The predicted octanol–water partition coefficient (Wildman–Crippen LogP) is 3.15. The molecule has 0 fully saturated rings. The van der Waals surface area contributed by atoms with Crippen LogP contribution in [-0.2, 0) is 16.0 Å². The van der Waals surface area contributed by atoms with E-state index in [1.54, 1.807) is 6.92 Å². The molecule has 0 amide bonds. The number of Topliss-reactive ketones (excluding diaryl/α,β-unsaturated/α-hetero) is 1. The molecule has 2 unspecified atom stereocenters. The van der Waals surface area contributed by atoms with Gasteiger partial charge in [-0.25, -0.2) is 0 Å². The normalized spacial score (nSPS) is 14.1. The topological polar surface area (TPSA) is 34.1 Å². The van der Waals surface area contributed by atoms with Crippen LogP contribution in [0.3, 0.4) is 0 Å². The van der Waals surface area contributed by atoms with Crippen molar-refractivity contribution in [3.63, 3.8) is 0 Å². The fourth-order valence-corrected chi connectivity index (χ4v) is 1.90. The molecule has 1 rings (SSSR count). The molecule has 0 aromatic heterocycles. The molecule has 1 aromatic rings. The summed E-state index contributed by atoms with van der Waals surface area (Å²) in [6.45, 7) is 5.57. The lowest BCUT2D eigenvalue weighted by Gasteiger charge is -2.12. The molecule has 0 aliphatic carbocycles. The second-order valence-electron chi connectivity index (χ2n) is 4.59. The van der Waals surface area contributed by atoms with Crippen LogP contribution in [0.15, 0.2) is 24.3 Å². The number of ketones is 1. The average molecular weight is 232 g/mol. The van der Waals surface area contributed by atoms with E-state index in [9.17, 15) is 9.59 Å². The van der Waals surface area contributed by atoms with Crippen molar-refractivity contribution in [2.45, 2.75) is 39.5 Å². The Labute approximate surface area is 103 Å². The van der Waals surface area contributed by atoms with Gasteiger partial charge in [0.25, 0.3) is 0 Å². The summed E-state index contributed by atoms with van der Waals surface area (Å²) in [5, 5.41) is 0. The Kier molecular flexibility index (Phi) is 5.08. The van der Waals surface area contributed by atoms with Gasteiger partial charge in [-0.2, -0.15) is 0 Å². The molecule has 2 heteroatoms. The van der Waals surface area contributed by atoms with Gasteiger partial charge in [-0.3, -0.25) is 4.79 Å². The largest absolute Gasteiger partial charge is 0.303 e. The highest BCUT2D eigenvalue weighted by Gasteiger charge is 2.12. The van der Waals surface area contributed by atoms with Crippen LogP contribution in [-0.4, -0.2) is 12.1 Å². The molecular weight excluding hydrogens is 212 g/mol. The SMILES string of the molecule is CCC(Cc1ccc(C(C)C=O)cc1)C(C)=O. The minimum Gasteiger partial charge on any atom is -0.303 e. The van der Waals surface area contributed by atoms with Crippen LogP contribution in [0.4, 0.5) is 0 Å². The van der Waals surface area contributed by atoms with Gasteiger partial charge in [0.1, 0.15) is 12.1 Å². The lowest BCUT2D eigenvalue weighted by atomic mass is 9.92. The van der Waals surface area contributed by atoms with E-state index in [4.69, 9.17) is 0 Å². The van der Waals surface area contributed by atoms with E-state index in [2.05, 4.69) is 0 Å². The van der Waals surface area contributed by atoms with Crippen molar-refractivity contribution >= 4 is 12.1 Å². The van der Waals surface area contributed by atoms with Gasteiger partial charge in [-0.15, -0.1) is 0 Å². The molecule has 0 spiro atoms. The van der Waals surface area contributed by atoms with Gasteiger partial charge in [-0.05, 0) is 30.9 Å². The zero-order valence-corrected chi connectivity index (χ0v) is 10.8. The number of benzene rings is 1. The molecule has 0 N–H and O–H groups in total. The van der Waals surface area contributed by atoms with Crippen molar-refractivity contribution in [1.82, 2.24) is 0 Å². The average Bonchev–Trinajstić information content (AvgIpc) is 2.35. The number of rotatable bonds is 6. The van der Waals surface area contributed by atoms with Gasteiger partial charge < -0.3 is 4.79 Å². The molecule has 0 saturated heterocycles. The minimum absolute atomic E-state index is 0.0566. The maximum atomic E-state index is 11.4. The Hall–Kier alpha value is -1.44. The summed E-state index contributed by atoms with van der Waals surface area (Å²) in [6, 6.07) is 7.98. The van der Waals surface area contributed by atoms with Crippen LogP contribution >= 0.6 is 0 Å². The van der Waals surface area contributed by atoms with E-state index in [1.165, 1.54) is 0 Å². The van der Waals surface area contributed by atoms with Gasteiger partial charge in [0, 0.05) is 11.8 Å². The Morgan fingerprint density at radius 1 is 1.29 bits per heavy atom. The fraction of sp³-hybridized carbons (Fsp3) is 0.467. The fourth-order valence-electron chi connectivity index (χ4n) is 1.90. The third-order valence-corrected chi connectivity index (χ3v) is 3.26. The molecule has 0 aliphatic heterocycles. The molecule has 17 heavy (non-hydrogen) atoms. The van der Waals surface area contributed by atoms with Gasteiger partial charge in [0.15, 0.2) is 0 Å². The molecule has 0 radical (unpaired) electrons. The van der Waals surface area contributed by atoms with Crippen LogP contribution in [0.1, 0.15) is 44.2 Å². The molecule has 92 valence electrons. The smallest absolute Gasteiger partial charge is 0.133 e. The van der Waals surface area contributed by atoms with E-state index in [1.807, 2.05) is 38.1 Å². The molecular formula is C15H20O2. The molecule has 2 atom stereocenters. The second-order valence-corrected chi connectivity index (χ2v) is 4.59. The standard InChI is InChI=1S/C15H20O2/c1-4-14(12(3)17)9-13-5-7-15(8-6-13)11(2)10-16/h5-8,10-11,14H,4,9H2,1-3H3. The highest BCUT2D eigenvalue weighted by molar-refractivity contribution is 5.78. The van der Waals surface area contributed by atoms with Gasteiger partial charge in [-0.1, -0.05) is 38.1 Å². The number of aldehydes is 1. The zero-order chi connectivity index (χ0) is 12.8. The second kappa shape index (κ2) is 6.33. The summed E-state index contributed by atoms with van der Waals surface area (Å²) in [7, 11) is 0. The summed E-state index contributed by atoms with van der Waals surface area (Å²) in [4.78, 5) is 22.0. The van der Waals surface area contributed by atoms with Crippen LogP contribution in [0.2, 0.25) is 0 Å². The maximum absolute atomic E-state index is 11.4. The Bertz CT molecular complexity index is 378. The quantitative estimate of drug-likeness (QED) is 0.706. The number of hydrogen-bond donors (Lipinski definition) is 0. The first-order chi connectivity index (χ1) is 8.08. The van der Waals surface area contributed by atoms with Gasteiger partial charge in [0.05, 0.1) is 0 Å². The molecule has 2 nitrogen and oxygen atoms in total. The summed E-state index contributed by atoms with van der Waals surface area (Å²) >= 11 is 0. The Balaban J connectivity index is 2.74. The van der Waals surface area contributed by atoms with E-state index in [0.29, 0.717) is 0 Å². The van der Waals surface area contributed by atoms with Crippen LogP contribution in [0, 0.1) is 5.92 Å². The molecule has 0 saturated carbocycles. The van der Waals surface area contributed by atoms with Gasteiger partial charge >= 0.3 is 0 Å². The predicted molar refractivity (Wildman–Crippen MR) is 69.1 cm³/mol. The zero-order valence-electron chi connectivity index (χ0n) is 10.8. The summed E-state index contributed by atoms with van der Waals surface area (Å²) in [5.74, 6) is 0.306. The lowest BCUT2D eigenvalue weighted by molar-refractivity contribution is -0.120. The maximum Gasteiger partial charge on any atom is 0.133 e. The molecule has 0 bridgehead atoms. The van der Waals surface area contributed by atoms with E-state index < -0.39 is 0 Å². The monoisotopic (exact) mass is 232 g/mol. The van der Waals surface area contributed by atoms with Crippen LogP contribution in [0.25, 0.3) is 0 Å². The van der Waals surface area contributed by atoms with E-state index in [-0.39, 0.29) is 17.6 Å². The molecule has 0 aliphatic rings. The number of carbonyl (C=O) groups is 2. The molecule has 1 aromatic carbocycles. The van der Waals surface area contributed by atoms with Crippen molar-refractivity contribution in [2.75, 3.05) is 0 Å². The van der Waals surface area contributed by atoms with Crippen LogP contribution in [0.5, 0.6) is 0 Å². The summed E-state index contributed by atoms with van der Waals surface area (Å²) in [5.41, 5.74) is 2.19. The Morgan fingerprint density at radius 2 is 1.88 bits per heavy atom. The van der Waals surface area contributed by atoms with E-state index in [0.717, 1.165) is 30.3 Å². The van der Waals surface area contributed by atoms with Crippen molar-refractivity contribution in [1.29, 1.82) is 0 Å². The first-order valence-electron chi connectivity index (χ1n) is 6.13. The summed E-state index contributed by atoms with van der Waals surface area (Å²) < 4.78 is 0. The van der Waals surface area contributed by atoms with E-state index >= 15 is 0 Å². The number of hydrogen-bond acceptors (Lipinski definition) is 2. The third kappa shape index (κ3) is 3.81. The van der Waals surface area contributed by atoms with Crippen molar-refractivity contribution in [3.05, 3.63) is 35.4 Å². The Morgan fingerprint density at radius 3 is 2.29 bits per heavy atom. The third-order valence-electron chi connectivity index (χ3n) is 3.26. The lowest BCUT2D eigenvalue weighted by Crippen LogP contribution is -2.12. The van der Waals surface area contributed by atoms with Crippen LogP contribution < -0.4 is 0 Å².